The number of nitrogens with zero attached hydrogens (tertiary/aromatic N) is 3. The number of hydrogen-bond acceptors (Lipinski definition) is 2. The van der Waals surface area contributed by atoms with E-state index in [0.717, 1.165) is 55.5 Å². The van der Waals surface area contributed by atoms with E-state index in [-0.39, 0.29) is 0 Å². The standard InChI is InChI=1S/C56H37N3O/c1-35(58-56(38-28-26-37(27-29-38)36-14-3-2-4-15-36)57-34-41-18-13-25-52-53(41)47-23-11-12-24-51(47)60-52)59-49-31-30-46-44-21-8-7-19-42(44)43-20-9-10-22-45(43)54(46)55(49)48-32-39-16-5-6-17-40(39)33-50(48)59/h2-33H,34H2,1H3. The maximum atomic E-state index is 6.27. The Morgan fingerprint density at radius 1 is 0.450 bits per heavy atom. The van der Waals surface area contributed by atoms with Crippen LogP contribution >= 0.6 is 0 Å². The highest BCUT2D eigenvalue weighted by Gasteiger charge is 2.20. The molecule has 0 aliphatic rings. The molecule has 0 bridgehead atoms. The number of fused-ring (bicyclic) bond motifs is 14. The molecule has 0 spiro atoms. The monoisotopic (exact) mass is 767 g/mol. The largest absolute Gasteiger partial charge is 0.456 e. The number of amidine groups is 1. The average molecular weight is 768 g/mol. The summed E-state index contributed by atoms with van der Waals surface area (Å²) >= 11 is 0. The molecule has 0 saturated heterocycles. The summed E-state index contributed by atoms with van der Waals surface area (Å²) in [5.74, 6) is 1.51. The minimum atomic E-state index is 0.439. The molecule has 282 valence electrons. The van der Waals surface area contributed by atoms with Crippen LogP contribution in [0.2, 0.25) is 0 Å². The molecule has 12 rings (SSSR count). The molecule has 0 unspecified atom stereocenters. The first kappa shape index (κ1) is 34.2. The summed E-state index contributed by atoms with van der Waals surface area (Å²) in [4.78, 5) is 10.9. The Labute approximate surface area is 346 Å². The Kier molecular flexibility index (Phi) is 7.79. The fourth-order valence-corrected chi connectivity index (χ4v) is 9.51. The highest BCUT2D eigenvalue weighted by molar-refractivity contribution is 6.36. The van der Waals surface area contributed by atoms with Gasteiger partial charge in [0.05, 0.1) is 17.6 Å². The van der Waals surface area contributed by atoms with Gasteiger partial charge in [0.1, 0.15) is 17.0 Å². The molecular weight excluding hydrogens is 731 g/mol. The maximum absolute atomic E-state index is 6.27. The molecule has 60 heavy (non-hydrogen) atoms. The number of para-hydroxylation sites is 1. The van der Waals surface area contributed by atoms with Crippen LogP contribution in [0.4, 0.5) is 0 Å². The van der Waals surface area contributed by atoms with Crippen LogP contribution in [-0.4, -0.2) is 16.2 Å². The van der Waals surface area contributed by atoms with Crippen LogP contribution in [0.15, 0.2) is 209 Å². The number of aliphatic imine (C=N–C) groups is 2. The van der Waals surface area contributed by atoms with Crippen molar-refractivity contribution in [2.45, 2.75) is 13.5 Å². The third kappa shape index (κ3) is 5.38. The van der Waals surface area contributed by atoms with Crippen molar-refractivity contribution in [3.63, 3.8) is 0 Å². The van der Waals surface area contributed by atoms with Gasteiger partial charge in [-0.15, -0.1) is 0 Å². The highest BCUT2D eigenvalue weighted by Crippen LogP contribution is 2.43. The fourth-order valence-electron chi connectivity index (χ4n) is 9.51. The van der Waals surface area contributed by atoms with Crippen molar-refractivity contribution in [1.29, 1.82) is 0 Å². The summed E-state index contributed by atoms with van der Waals surface area (Å²) in [6, 6.07) is 69.2. The number of furan rings is 1. The third-order valence-electron chi connectivity index (χ3n) is 12.2. The molecule has 12 aromatic rings. The number of benzene rings is 10. The van der Waals surface area contributed by atoms with E-state index in [1.54, 1.807) is 0 Å². The van der Waals surface area contributed by atoms with E-state index in [2.05, 4.69) is 187 Å². The van der Waals surface area contributed by atoms with Gasteiger partial charge in [-0.05, 0) is 91.6 Å². The average Bonchev–Trinajstić information content (AvgIpc) is 3.86. The van der Waals surface area contributed by atoms with Gasteiger partial charge in [0.2, 0.25) is 0 Å². The molecule has 0 aliphatic heterocycles. The van der Waals surface area contributed by atoms with Crippen molar-refractivity contribution in [3.8, 4) is 11.1 Å². The molecule has 0 radical (unpaired) electrons. The molecule has 0 atom stereocenters. The van der Waals surface area contributed by atoms with Gasteiger partial charge >= 0.3 is 0 Å². The Bertz CT molecular complexity index is 3700. The van der Waals surface area contributed by atoms with Gasteiger partial charge in [-0.25, -0.2) is 4.99 Å². The van der Waals surface area contributed by atoms with Gasteiger partial charge in [0, 0.05) is 32.5 Å². The molecule has 2 heterocycles. The SMILES string of the molecule is CC(=NC(=NCc1cccc2oc3ccccc3c12)c1ccc(-c2ccccc2)cc1)n1c2cc3ccccc3cc2c2c3c4ccccc4c4ccccc4c3ccc21. The van der Waals surface area contributed by atoms with Crippen molar-refractivity contribution in [1.82, 2.24) is 4.57 Å². The highest BCUT2D eigenvalue weighted by atomic mass is 16.3. The molecule has 0 aliphatic carbocycles. The van der Waals surface area contributed by atoms with Crippen LogP contribution < -0.4 is 0 Å². The first-order valence-electron chi connectivity index (χ1n) is 20.5. The van der Waals surface area contributed by atoms with Gasteiger partial charge in [0.25, 0.3) is 0 Å². The lowest BCUT2D eigenvalue weighted by Gasteiger charge is -2.13. The zero-order chi connectivity index (χ0) is 39.7. The van der Waals surface area contributed by atoms with Crippen LogP contribution in [-0.2, 0) is 6.54 Å². The molecule has 0 N–H and O–H groups in total. The van der Waals surface area contributed by atoms with Crippen LogP contribution in [0.3, 0.4) is 0 Å². The summed E-state index contributed by atoms with van der Waals surface area (Å²) in [6.45, 7) is 2.56. The van der Waals surface area contributed by atoms with Crippen molar-refractivity contribution in [2.24, 2.45) is 9.98 Å². The number of rotatable bonds is 4. The van der Waals surface area contributed by atoms with E-state index in [1.807, 2.05) is 18.2 Å². The normalized spacial score (nSPS) is 12.7. The topological polar surface area (TPSA) is 42.8 Å². The van der Waals surface area contributed by atoms with Crippen molar-refractivity contribution < 1.29 is 4.42 Å². The predicted molar refractivity (Wildman–Crippen MR) is 254 cm³/mol. The minimum Gasteiger partial charge on any atom is -0.456 e. The van der Waals surface area contributed by atoms with Gasteiger partial charge in [-0.3, -0.25) is 9.56 Å². The van der Waals surface area contributed by atoms with E-state index in [4.69, 9.17) is 14.4 Å². The van der Waals surface area contributed by atoms with E-state index < -0.39 is 0 Å². The molecular formula is C56H37N3O. The van der Waals surface area contributed by atoms with Crippen molar-refractivity contribution >= 4 is 98.5 Å². The third-order valence-corrected chi connectivity index (χ3v) is 12.2. The quantitative estimate of drug-likeness (QED) is 0.0999. The van der Waals surface area contributed by atoms with Gasteiger partial charge in [-0.2, -0.15) is 0 Å². The zero-order valence-electron chi connectivity index (χ0n) is 32.9. The molecule has 4 heteroatoms. The van der Waals surface area contributed by atoms with E-state index >= 15 is 0 Å². The first-order valence-corrected chi connectivity index (χ1v) is 20.5. The second kappa shape index (κ2) is 13.6. The summed E-state index contributed by atoms with van der Waals surface area (Å²) in [5, 5.41) is 14.6. The Hall–Kier alpha value is -7.82. The lowest BCUT2D eigenvalue weighted by molar-refractivity contribution is 0.668. The summed E-state index contributed by atoms with van der Waals surface area (Å²) < 4.78 is 8.61. The minimum absolute atomic E-state index is 0.439. The predicted octanol–water partition coefficient (Wildman–Crippen LogP) is 14.9. The second-order valence-electron chi connectivity index (χ2n) is 15.7. The molecule has 10 aromatic carbocycles. The smallest absolute Gasteiger partial charge is 0.156 e. The molecule has 0 saturated carbocycles. The molecule has 0 fully saturated rings. The Balaban J connectivity index is 1.11. The van der Waals surface area contributed by atoms with Crippen molar-refractivity contribution in [2.75, 3.05) is 0 Å². The Morgan fingerprint density at radius 2 is 1.05 bits per heavy atom. The lowest BCUT2D eigenvalue weighted by atomic mass is 9.91. The lowest BCUT2D eigenvalue weighted by Crippen LogP contribution is -2.11. The van der Waals surface area contributed by atoms with Gasteiger partial charge in [0.15, 0.2) is 5.84 Å². The van der Waals surface area contributed by atoms with E-state index in [9.17, 15) is 0 Å². The van der Waals surface area contributed by atoms with Crippen molar-refractivity contribution in [3.05, 3.63) is 205 Å². The van der Waals surface area contributed by atoms with Gasteiger partial charge < -0.3 is 4.42 Å². The number of aromatic nitrogens is 1. The molecule has 0 amide bonds. The summed E-state index contributed by atoms with van der Waals surface area (Å²) in [6.07, 6.45) is 0. The fraction of sp³-hybridized carbons (Fsp3) is 0.0357. The maximum Gasteiger partial charge on any atom is 0.156 e. The Morgan fingerprint density at radius 3 is 1.82 bits per heavy atom. The molecule has 2 aromatic heterocycles. The van der Waals surface area contributed by atoms with Crippen LogP contribution in [0.5, 0.6) is 0 Å². The van der Waals surface area contributed by atoms with E-state index in [1.165, 1.54) is 59.4 Å². The van der Waals surface area contributed by atoms with Crippen LogP contribution in [0.25, 0.3) is 98.0 Å². The second-order valence-corrected chi connectivity index (χ2v) is 15.7. The zero-order valence-corrected chi connectivity index (χ0v) is 32.9. The summed E-state index contributed by atoms with van der Waals surface area (Å²) in [7, 11) is 0. The first-order chi connectivity index (χ1) is 29.7. The van der Waals surface area contributed by atoms with E-state index in [0.29, 0.717) is 12.4 Å². The van der Waals surface area contributed by atoms with Crippen LogP contribution in [0.1, 0.15) is 18.1 Å². The summed E-state index contributed by atoms with van der Waals surface area (Å²) in [5.41, 5.74) is 8.33. The van der Waals surface area contributed by atoms with Crippen LogP contribution in [0, 0.1) is 0 Å². The number of hydrogen-bond donors (Lipinski definition) is 0. The van der Waals surface area contributed by atoms with Gasteiger partial charge in [-0.1, -0.05) is 164 Å². The molecule has 4 nitrogen and oxygen atoms in total.